The molecular weight excluding hydrogens is 347 g/mol. The Morgan fingerprint density at radius 3 is 2.25 bits per heavy atom. The molecule has 0 atom stereocenters. The van der Waals surface area contributed by atoms with Gasteiger partial charge in [-0.15, -0.1) is 0 Å². The Bertz CT molecular complexity index is 925. The Balaban J connectivity index is 1.84. The number of anilines is 1. The molecule has 0 aliphatic heterocycles. The molecule has 0 saturated heterocycles. The van der Waals surface area contributed by atoms with Crippen LogP contribution in [0.4, 0.5) is 5.69 Å². The molecule has 0 aliphatic rings. The van der Waals surface area contributed by atoms with E-state index in [1.807, 2.05) is 6.92 Å². The number of hydrogen-bond acceptors (Lipinski definition) is 3. The van der Waals surface area contributed by atoms with E-state index in [-0.39, 0.29) is 5.56 Å². The van der Waals surface area contributed by atoms with Crippen LogP contribution in [0.1, 0.15) is 11.3 Å². The fourth-order valence-electron chi connectivity index (χ4n) is 2.18. The summed E-state index contributed by atoms with van der Waals surface area (Å²) in [4.78, 5) is 12.5. The second-order valence-corrected chi connectivity index (χ2v) is 6.02. The number of nitrogens with zero attached hydrogens (tertiary/aromatic N) is 2. The molecule has 122 valence electrons. The van der Waals surface area contributed by atoms with Crippen LogP contribution in [-0.2, 0) is 0 Å². The summed E-state index contributed by atoms with van der Waals surface area (Å²) in [6.07, 6.45) is 1.50. The molecule has 0 spiro atoms. The van der Waals surface area contributed by atoms with Crippen molar-refractivity contribution < 1.29 is 0 Å². The van der Waals surface area contributed by atoms with Crippen LogP contribution < -0.4 is 11.0 Å². The van der Waals surface area contributed by atoms with Gasteiger partial charge in [0.1, 0.15) is 0 Å². The van der Waals surface area contributed by atoms with E-state index in [9.17, 15) is 4.79 Å². The van der Waals surface area contributed by atoms with Gasteiger partial charge in [-0.3, -0.25) is 15.3 Å². The predicted octanol–water partition coefficient (Wildman–Crippen LogP) is 4.23. The third kappa shape index (κ3) is 3.53. The van der Waals surface area contributed by atoms with E-state index in [4.69, 9.17) is 23.2 Å². The number of aromatic amines is 1. The predicted molar refractivity (Wildman–Crippen MR) is 98.8 cm³/mol. The van der Waals surface area contributed by atoms with Crippen LogP contribution in [0.15, 0.2) is 58.4 Å². The minimum absolute atomic E-state index is 0.184. The lowest BCUT2D eigenvalue weighted by Crippen LogP contribution is -2.17. The first-order valence-corrected chi connectivity index (χ1v) is 7.92. The summed E-state index contributed by atoms with van der Waals surface area (Å²) in [6.45, 7) is 1.82. The van der Waals surface area contributed by atoms with E-state index < -0.39 is 0 Å². The Hall–Kier alpha value is -2.50. The van der Waals surface area contributed by atoms with Crippen LogP contribution >= 0.6 is 23.2 Å². The molecule has 0 aliphatic carbocycles. The zero-order chi connectivity index (χ0) is 17.1. The van der Waals surface area contributed by atoms with Gasteiger partial charge in [-0.2, -0.15) is 5.10 Å². The quantitative estimate of drug-likeness (QED) is 0.540. The molecule has 0 radical (unpaired) electrons. The number of H-pyrrole nitrogens is 1. The van der Waals surface area contributed by atoms with E-state index in [2.05, 4.69) is 15.6 Å². The van der Waals surface area contributed by atoms with Crippen LogP contribution in [0.2, 0.25) is 10.0 Å². The lowest BCUT2D eigenvalue weighted by atomic mass is 10.3. The number of aryl methyl sites for hydroxylation is 1. The van der Waals surface area contributed by atoms with Crippen LogP contribution in [0.5, 0.6) is 0 Å². The molecule has 3 aromatic rings. The van der Waals surface area contributed by atoms with Gasteiger partial charge in [0.15, 0.2) is 0 Å². The van der Waals surface area contributed by atoms with Gasteiger partial charge in [-0.1, -0.05) is 23.2 Å². The number of aromatic nitrogens is 2. The zero-order valence-electron chi connectivity index (χ0n) is 12.8. The van der Waals surface area contributed by atoms with Crippen molar-refractivity contribution in [1.82, 2.24) is 9.78 Å². The molecule has 0 bridgehead atoms. The number of hydrazone groups is 1. The minimum Gasteiger partial charge on any atom is -0.295 e. The smallest absolute Gasteiger partial charge is 0.280 e. The van der Waals surface area contributed by atoms with E-state index in [0.717, 1.165) is 11.4 Å². The average molecular weight is 361 g/mol. The Morgan fingerprint density at radius 1 is 1.04 bits per heavy atom. The van der Waals surface area contributed by atoms with Crippen LogP contribution in [-0.4, -0.2) is 16.0 Å². The first-order valence-electron chi connectivity index (χ1n) is 7.17. The Morgan fingerprint density at radius 2 is 1.62 bits per heavy atom. The number of nitrogens with one attached hydrogen (secondary N) is 2. The second-order valence-electron chi connectivity index (χ2n) is 5.14. The average Bonchev–Trinajstić information content (AvgIpc) is 2.85. The molecule has 2 N–H and O–H groups in total. The highest BCUT2D eigenvalue weighted by Crippen LogP contribution is 2.14. The Labute approximate surface area is 148 Å². The molecule has 5 nitrogen and oxygen atoms in total. The zero-order valence-corrected chi connectivity index (χ0v) is 14.3. The van der Waals surface area contributed by atoms with Crippen molar-refractivity contribution in [2.75, 3.05) is 5.43 Å². The summed E-state index contributed by atoms with van der Waals surface area (Å²) in [5, 5.41) is 8.41. The number of benzene rings is 2. The van der Waals surface area contributed by atoms with Crippen molar-refractivity contribution in [2.45, 2.75) is 6.92 Å². The topological polar surface area (TPSA) is 62.2 Å². The van der Waals surface area contributed by atoms with Crippen molar-refractivity contribution in [3.63, 3.8) is 0 Å². The van der Waals surface area contributed by atoms with Crippen molar-refractivity contribution in [1.29, 1.82) is 0 Å². The van der Waals surface area contributed by atoms with Crippen LogP contribution in [0, 0.1) is 6.92 Å². The van der Waals surface area contributed by atoms with E-state index in [0.29, 0.717) is 21.3 Å². The number of hydrogen-bond donors (Lipinski definition) is 2. The molecule has 3 rings (SSSR count). The first kappa shape index (κ1) is 16.4. The van der Waals surface area contributed by atoms with Crippen molar-refractivity contribution in [3.8, 4) is 5.69 Å². The highest BCUT2D eigenvalue weighted by atomic mass is 35.5. The lowest BCUT2D eigenvalue weighted by molar-refractivity contribution is 0.835. The monoisotopic (exact) mass is 360 g/mol. The van der Waals surface area contributed by atoms with Gasteiger partial charge >= 0.3 is 0 Å². The van der Waals surface area contributed by atoms with E-state index in [1.165, 1.54) is 10.9 Å². The van der Waals surface area contributed by atoms with Crippen LogP contribution in [0.3, 0.4) is 0 Å². The van der Waals surface area contributed by atoms with Crippen molar-refractivity contribution in [2.24, 2.45) is 5.10 Å². The highest BCUT2D eigenvalue weighted by Gasteiger charge is 2.10. The van der Waals surface area contributed by atoms with Gasteiger partial charge in [0, 0.05) is 15.7 Å². The largest absolute Gasteiger partial charge is 0.295 e. The van der Waals surface area contributed by atoms with Gasteiger partial charge in [0.05, 0.1) is 23.2 Å². The molecule has 0 saturated carbocycles. The van der Waals surface area contributed by atoms with E-state index in [1.54, 1.807) is 48.5 Å². The van der Waals surface area contributed by atoms with Gasteiger partial charge in [0.25, 0.3) is 5.56 Å². The van der Waals surface area contributed by atoms with Gasteiger partial charge in [0.2, 0.25) is 0 Å². The summed E-state index contributed by atoms with van der Waals surface area (Å²) >= 11 is 11.7. The molecular formula is C17H14Cl2N4O. The molecule has 24 heavy (non-hydrogen) atoms. The molecule has 1 heterocycles. The van der Waals surface area contributed by atoms with E-state index >= 15 is 0 Å². The fraction of sp³-hybridized carbons (Fsp3) is 0.0588. The molecule has 0 amide bonds. The van der Waals surface area contributed by atoms with Crippen molar-refractivity contribution >= 4 is 35.1 Å². The second kappa shape index (κ2) is 6.95. The maximum Gasteiger partial charge on any atom is 0.280 e. The molecule has 7 heteroatoms. The SMILES string of the molecule is Cc1[nH]n(-c2ccc(Cl)cc2)c(=O)c1C=NNc1ccc(Cl)cc1. The normalized spacial score (nSPS) is 11.1. The minimum atomic E-state index is -0.184. The molecule has 0 fully saturated rings. The van der Waals surface area contributed by atoms with Gasteiger partial charge < -0.3 is 0 Å². The number of rotatable bonds is 4. The Kier molecular flexibility index (Phi) is 4.74. The molecule has 2 aromatic carbocycles. The lowest BCUT2D eigenvalue weighted by Gasteiger charge is -2.00. The van der Waals surface area contributed by atoms with Gasteiger partial charge in [-0.25, -0.2) is 4.68 Å². The standard InChI is InChI=1S/C17H14Cl2N4O/c1-11-16(10-20-21-14-6-2-12(18)3-7-14)17(24)23(22-11)15-8-4-13(19)5-9-15/h2-10,21-22H,1H3. The summed E-state index contributed by atoms with van der Waals surface area (Å²) in [6, 6.07) is 14.1. The summed E-state index contributed by atoms with van der Waals surface area (Å²) in [5.74, 6) is 0. The maximum absolute atomic E-state index is 12.5. The third-order valence-electron chi connectivity index (χ3n) is 3.43. The van der Waals surface area contributed by atoms with Crippen molar-refractivity contribution in [3.05, 3.63) is 80.2 Å². The maximum atomic E-state index is 12.5. The van der Waals surface area contributed by atoms with Gasteiger partial charge in [-0.05, 0) is 55.5 Å². The molecule has 0 unspecified atom stereocenters. The summed E-state index contributed by atoms with van der Waals surface area (Å²) < 4.78 is 1.45. The summed E-state index contributed by atoms with van der Waals surface area (Å²) in [7, 11) is 0. The number of halogens is 2. The molecule has 1 aromatic heterocycles. The summed E-state index contributed by atoms with van der Waals surface area (Å²) in [5.41, 5.74) is 5.36. The fourth-order valence-corrected chi connectivity index (χ4v) is 2.43. The highest BCUT2D eigenvalue weighted by molar-refractivity contribution is 6.30. The van der Waals surface area contributed by atoms with Crippen LogP contribution in [0.25, 0.3) is 5.69 Å². The third-order valence-corrected chi connectivity index (χ3v) is 3.94. The first-order chi connectivity index (χ1) is 11.5.